The molecule has 2 heterocycles. The van der Waals surface area contributed by atoms with Crippen molar-refractivity contribution in [1.82, 2.24) is 4.98 Å². The maximum Gasteiger partial charge on any atom is 0.289 e. The molecule has 7 heteroatoms. The molecule has 0 bridgehead atoms. The van der Waals surface area contributed by atoms with Crippen molar-refractivity contribution in [2.75, 3.05) is 18.1 Å². The number of aliphatic hydroxyl groups is 1. The van der Waals surface area contributed by atoms with Crippen molar-refractivity contribution in [1.29, 1.82) is 5.26 Å². The Morgan fingerprint density at radius 3 is 3.05 bits per heavy atom. The van der Waals surface area contributed by atoms with Gasteiger partial charge in [0.2, 0.25) is 0 Å². The van der Waals surface area contributed by atoms with Crippen LogP contribution in [-0.2, 0) is 0 Å². The van der Waals surface area contributed by atoms with E-state index in [2.05, 4.69) is 4.98 Å². The van der Waals surface area contributed by atoms with Crippen molar-refractivity contribution in [2.45, 2.75) is 19.4 Å². The molecule has 0 amide bonds. The number of nitro groups is 1. The summed E-state index contributed by atoms with van der Waals surface area (Å²) in [6, 6.07) is 3.06. The van der Waals surface area contributed by atoms with E-state index in [0.29, 0.717) is 18.3 Å². The van der Waals surface area contributed by atoms with E-state index < -0.39 is 4.92 Å². The summed E-state index contributed by atoms with van der Waals surface area (Å²) in [7, 11) is 0. The fourth-order valence-corrected chi connectivity index (χ4v) is 2.41. The summed E-state index contributed by atoms with van der Waals surface area (Å²) in [5, 5.41) is 29.2. The lowest BCUT2D eigenvalue weighted by atomic mass is 10.0. The molecule has 0 aromatic carbocycles. The number of aliphatic hydroxyl groups excluding tert-OH is 1. The minimum absolute atomic E-state index is 0.0231. The number of anilines is 1. The summed E-state index contributed by atoms with van der Waals surface area (Å²) in [5.41, 5.74) is -0.0326. The zero-order chi connectivity index (χ0) is 14.0. The fraction of sp³-hybridized carbons (Fsp3) is 0.500. The second-order valence-electron chi connectivity index (χ2n) is 4.64. The van der Waals surface area contributed by atoms with Crippen LogP contribution in [-0.4, -0.2) is 34.2 Å². The highest BCUT2D eigenvalue weighted by Gasteiger charge is 2.33. The Morgan fingerprint density at radius 1 is 1.74 bits per heavy atom. The lowest BCUT2D eigenvalue weighted by Crippen LogP contribution is -2.36. The molecule has 0 aliphatic carbocycles. The first-order valence-electron chi connectivity index (χ1n) is 6.00. The van der Waals surface area contributed by atoms with E-state index in [4.69, 9.17) is 5.26 Å². The van der Waals surface area contributed by atoms with Crippen LogP contribution in [0.3, 0.4) is 0 Å². The summed E-state index contributed by atoms with van der Waals surface area (Å²) < 4.78 is 0. The van der Waals surface area contributed by atoms with Crippen LogP contribution in [0.25, 0.3) is 0 Å². The normalized spacial score (nSPS) is 22.3. The number of hydrogen-bond donors (Lipinski definition) is 1. The predicted octanol–water partition coefficient (Wildman–Crippen LogP) is 1.07. The number of hydrogen-bond acceptors (Lipinski definition) is 6. The molecule has 7 nitrogen and oxygen atoms in total. The third kappa shape index (κ3) is 2.35. The lowest BCUT2D eigenvalue weighted by molar-refractivity contribution is -0.385. The molecule has 1 saturated heterocycles. The predicted molar refractivity (Wildman–Crippen MR) is 67.6 cm³/mol. The number of nitriles is 1. The van der Waals surface area contributed by atoms with Gasteiger partial charge in [0.25, 0.3) is 5.69 Å². The molecule has 1 N–H and O–H groups in total. The standard InChI is InChI=1S/C12H14N4O3/c1-8-2-3-15(11(8)7-17)12-9(5-13)4-10(6-14-12)16(18)19/h4,6,8,11,17H,2-3,7H2,1H3. The van der Waals surface area contributed by atoms with Gasteiger partial charge in [-0.2, -0.15) is 5.26 Å². The van der Waals surface area contributed by atoms with Crippen LogP contribution in [0.4, 0.5) is 11.5 Å². The number of rotatable bonds is 3. The average molecular weight is 262 g/mol. The van der Waals surface area contributed by atoms with E-state index in [1.165, 1.54) is 6.07 Å². The van der Waals surface area contributed by atoms with Crippen LogP contribution in [0.5, 0.6) is 0 Å². The van der Waals surface area contributed by atoms with Gasteiger partial charge in [0.05, 0.1) is 17.6 Å². The number of aromatic nitrogens is 1. The van der Waals surface area contributed by atoms with Crippen LogP contribution >= 0.6 is 0 Å². The average Bonchev–Trinajstić information content (AvgIpc) is 2.78. The minimum Gasteiger partial charge on any atom is -0.394 e. The second kappa shape index (κ2) is 5.20. The minimum atomic E-state index is -0.576. The van der Waals surface area contributed by atoms with Crippen molar-refractivity contribution in [3.63, 3.8) is 0 Å². The molecule has 0 radical (unpaired) electrons. The first kappa shape index (κ1) is 13.2. The molecular weight excluding hydrogens is 248 g/mol. The van der Waals surface area contributed by atoms with Gasteiger partial charge in [-0.3, -0.25) is 10.1 Å². The van der Waals surface area contributed by atoms with E-state index in [-0.39, 0.29) is 23.9 Å². The van der Waals surface area contributed by atoms with E-state index in [0.717, 1.165) is 12.6 Å². The molecule has 2 atom stereocenters. The van der Waals surface area contributed by atoms with Gasteiger partial charge >= 0.3 is 0 Å². The summed E-state index contributed by atoms with van der Waals surface area (Å²) >= 11 is 0. The highest BCUT2D eigenvalue weighted by atomic mass is 16.6. The van der Waals surface area contributed by atoms with E-state index in [1.807, 2.05) is 17.9 Å². The van der Waals surface area contributed by atoms with E-state index in [9.17, 15) is 15.2 Å². The van der Waals surface area contributed by atoms with Crippen LogP contribution < -0.4 is 4.90 Å². The zero-order valence-corrected chi connectivity index (χ0v) is 10.5. The van der Waals surface area contributed by atoms with Gasteiger partial charge < -0.3 is 10.0 Å². The highest BCUT2D eigenvalue weighted by molar-refractivity contribution is 5.58. The SMILES string of the molecule is CC1CCN(c2ncc([N+](=O)[O-])cc2C#N)C1CO. The Morgan fingerprint density at radius 2 is 2.47 bits per heavy atom. The van der Waals surface area contributed by atoms with Gasteiger partial charge in [0, 0.05) is 12.6 Å². The summed E-state index contributed by atoms with van der Waals surface area (Å²) in [4.78, 5) is 16.0. The van der Waals surface area contributed by atoms with Crippen molar-refractivity contribution in [2.24, 2.45) is 5.92 Å². The van der Waals surface area contributed by atoms with Gasteiger partial charge in [-0.1, -0.05) is 6.92 Å². The maximum atomic E-state index is 10.7. The molecule has 0 saturated carbocycles. The Labute approximate surface area is 110 Å². The Hall–Kier alpha value is -2.20. The maximum absolute atomic E-state index is 10.7. The zero-order valence-electron chi connectivity index (χ0n) is 10.5. The summed E-state index contributed by atoms with van der Waals surface area (Å²) in [6.45, 7) is 2.69. The monoisotopic (exact) mass is 262 g/mol. The molecule has 100 valence electrons. The first-order valence-corrected chi connectivity index (χ1v) is 6.00. The third-order valence-corrected chi connectivity index (χ3v) is 3.53. The molecule has 1 fully saturated rings. The topological polar surface area (TPSA) is 103 Å². The van der Waals surface area contributed by atoms with Gasteiger partial charge in [-0.05, 0) is 12.3 Å². The largest absolute Gasteiger partial charge is 0.394 e. The molecule has 0 spiro atoms. The lowest BCUT2D eigenvalue weighted by Gasteiger charge is -2.26. The molecule has 19 heavy (non-hydrogen) atoms. The van der Waals surface area contributed by atoms with Gasteiger partial charge in [0.15, 0.2) is 0 Å². The Kier molecular flexibility index (Phi) is 3.62. The van der Waals surface area contributed by atoms with Gasteiger partial charge in [-0.15, -0.1) is 0 Å². The van der Waals surface area contributed by atoms with Crippen molar-refractivity contribution in [3.8, 4) is 6.07 Å². The smallest absolute Gasteiger partial charge is 0.289 e. The number of pyridine rings is 1. The quantitative estimate of drug-likeness (QED) is 0.645. The fourth-order valence-electron chi connectivity index (χ4n) is 2.41. The molecule has 2 rings (SSSR count). The second-order valence-corrected chi connectivity index (χ2v) is 4.64. The van der Waals surface area contributed by atoms with Crippen LogP contribution in [0, 0.1) is 27.4 Å². The van der Waals surface area contributed by atoms with Crippen molar-refractivity contribution >= 4 is 11.5 Å². The van der Waals surface area contributed by atoms with Crippen LogP contribution in [0.15, 0.2) is 12.3 Å². The molecule has 1 aromatic heterocycles. The Balaban J connectivity index is 2.40. The first-order chi connectivity index (χ1) is 9.08. The van der Waals surface area contributed by atoms with Gasteiger partial charge in [0.1, 0.15) is 23.6 Å². The van der Waals surface area contributed by atoms with E-state index in [1.54, 1.807) is 0 Å². The van der Waals surface area contributed by atoms with E-state index >= 15 is 0 Å². The highest BCUT2D eigenvalue weighted by Crippen LogP contribution is 2.31. The molecule has 1 aliphatic rings. The summed E-state index contributed by atoms with van der Waals surface area (Å²) in [6.07, 6.45) is 2.04. The van der Waals surface area contributed by atoms with Crippen molar-refractivity contribution in [3.05, 3.63) is 27.9 Å². The van der Waals surface area contributed by atoms with Crippen molar-refractivity contribution < 1.29 is 10.0 Å². The van der Waals surface area contributed by atoms with Crippen LogP contribution in [0.1, 0.15) is 18.9 Å². The summed E-state index contributed by atoms with van der Waals surface area (Å²) in [5.74, 6) is 0.713. The Bertz CT molecular complexity index is 540. The molecule has 1 aromatic rings. The van der Waals surface area contributed by atoms with Gasteiger partial charge in [-0.25, -0.2) is 4.98 Å². The molecule has 2 unspecified atom stereocenters. The molecular formula is C12H14N4O3. The third-order valence-electron chi connectivity index (χ3n) is 3.53. The van der Waals surface area contributed by atoms with Crippen LogP contribution in [0.2, 0.25) is 0 Å². The molecule has 1 aliphatic heterocycles. The number of nitrogens with zero attached hydrogens (tertiary/aromatic N) is 4.